The SMILES string of the molecule is O=C(O)c1ccc(Br)c(CNC(=S)N2C=CCC2)c1. The van der Waals surface area contributed by atoms with E-state index in [0.717, 1.165) is 23.0 Å². The van der Waals surface area contributed by atoms with Gasteiger partial charge in [-0.25, -0.2) is 4.79 Å². The minimum atomic E-state index is -0.932. The maximum absolute atomic E-state index is 10.9. The first-order valence-corrected chi connectivity index (χ1v) is 7.01. The van der Waals surface area contributed by atoms with Gasteiger partial charge >= 0.3 is 5.97 Å². The predicted octanol–water partition coefficient (Wildman–Crippen LogP) is 2.74. The van der Waals surface area contributed by atoms with Gasteiger partial charge in [0.25, 0.3) is 0 Å². The third kappa shape index (κ3) is 3.54. The second kappa shape index (κ2) is 6.16. The average Bonchev–Trinajstić information content (AvgIpc) is 2.91. The van der Waals surface area contributed by atoms with E-state index in [4.69, 9.17) is 17.3 Å². The summed E-state index contributed by atoms with van der Waals surface area (Å²) in [5.41, 5.74) is 1.14. The van der Waals surface area contributed by atoms with Crippen LogP contribution in [0.25, 0.3) is 0 Å². The molecule has 0 radical (unpaired) electrons. The van der Waals surface area contributed by atoms with Crippen LogP contribution in [0.4, 0.5) is 0 Å². The fourth-order valence-electron chi connectivity index (χ4n) is 1.77. The molecule has 0 saturated carbocycles. The van der Waals surface area contributed by atoms with Gasteiger partial charge in [0.2, 0.25) is 0 Å². The zero-order valence-electron chi connectivity index (χ0n) is 10.1. The van der Waals surface area contributed by atoms with Crippen LogP contribution in [0.2, 0.25) is 0 Å². The van der Waals surface area contributed by atoms with Crippen LogP contribution < -0.4 is 5.32 Å². The molecule has 0 fully saturated rings. The number of carboxylic acid groups (broad SMARTS) is 1. The van der Waals surface area contributed by atoms with Crippen molar-refractivity contribution in [1.82, 2.24) is 10.2 Å². The summed E-state index contributed by atoms with van der Waals surface area (Å²) < 4.78 is 0.866. The highest BCUT2D eigenvalue weighted by atomic mass is 79.9. The van der Waals surface area contributed by atoms with Crippen molar-refractivity contribution in [3.8, 4) is 0 Å². The Morgan fingerprint density at radius 2 is 2.32 bits per heavy atom. The fourth-order valence-corrected chi connectivity index (χ4v) is 2.39. The number of carboxylic acids is 1. The second-order valence-corrected chi connectivity index (χ2v) is 5.38. The molecule has 1 heterocycles. The van der Waals surface area contributed by atoms with Crippen molar-refractivity contribution < 1.29 is 9.90 Å². The van der Waals surface area contributed by atoms with E-state index in [-0.39, 0.29) is 5.56 Å². The van der Waals surface area contributed by atoms with Gasteiger partial charge in [-0.05, 0) is 42.4 Å². The minimum absolute atomic E-state index is 0.270. The Morgan fingerprint density at radius 3 is 2.95 bits per heavy atom. The van der Waals surface area contributed by atoms with Crippen molar-refractivity contribution in [3.05, 3.63) is 46.1 Å². The fraction of sp³-hybridized carbons (Fsp3) is 0.231. The Bertz CT molecular complexity index is 545. The Balaban J connectivity index is 2.02. The van der Waals surface area contributed by atoms with E-state index in [1.807, 2.05) is 11.1 Å². The lowest BCUT2D eigenvalue weighted by Gasteiger charge is -2.18. The number of aromatic carboxylic acids is 1. The number of nitrogens with one attached hydrogen (secondary N) is 1. The van der Waals surface area contributed by atoms with Crippen LogP contribution in [0.3, 0.4) is 0 Å². The van der Waals surface area contributed by atoms with Crippen LogP contribution in [0.5, 0.6) is 0 Å². The summed E-state index contributed by atoms with van der Waals surface area (Å²) in [4.78, 5) is 12.9. The van der Waals surface area contributed by atoms with Gasteiger partial charge in [0.1, 0.15) is 0 Å². The summed E-state index contributed by atoms with van der Waals surface area (Å²) in [5.74, 6) is -0.932. The highest BCUT2D eigenvalue weighted by Crippen LogP contribution is 2.18. The van der Waals surface area contributed by atoms with E-state index >= 15 is 0 Å². The molecule has 0 aromatic heterocycles. The Hall–Kier alpha value is -1.40. The predicted molar refractivity (Wildman–Crippen MR) is 81.0 cm³/mol. The van der Waals surface area contributed by atoms with Crippen molar-refractivity contribution in [2.75, 3.05) is 6.54 Å². The van der Waals surface area contributed by atoms with Gasteiger partial charge in [0.15, 0.2) is 5.11 Å². The van der Waals surface area contributed by atoms with Crippen LogP contribution in [0.1, 0.15) is 22.3 Å². The van der Waals surface area contributed by atoms with Crippen molar-refractivity contribution in [2.45, 2.75) is 13.0 Å². The van der Waals surface area contributed by atoms with E-state index in [0.29, 0.717) is 11.7 Å². The molecule has 0 atom stereocenters. The first-order chi connectivity index (χ1) is 9.08. The summed E-state index contributed by atoms with van der Waals surface area (Å²) in [6.45, 7) is 1.38. The quantitative estimate of drug-likeness (QED) is 0.828. The largest absolute Gasteiger partial charge is 0.478 e. The van der Waals surface area contributed by atoms with Gasteiger partial charge in [0.05, 0.1) is 5.56 Å². The third-order valence-electron chi connectivity index (χ3n) is 2.81. The first-order valence-electron chi connectivity index (χ1n) is 5.81. The molecule has 0 unspecified atom stereocenters. The third-order valence-corrected chi connectivity index (χ3v) is 3.96. The van der Waals surface area contributed by atoms with Crippen LogP contribution >= 0.6 is 28.1 Å². The van der Waals surface area contributed by atoms with Crippen molar-refractivity contribution in [2.24, 2.45) is 0 Å². The van der Waals surface area contributed by atoms with Crippen molar-refractivity contribution in [3.63, 3.8) is 0 Å². The topological polar surface area (TPSA) is 52.6 Å². The Morgan fingerprint density at radius 1 is 1.53 bits per heavy atom. The molecule has 0 spiro atoms. The summed E-state index contributed by atoms with van der Waals surface area (Å²) in [5, 5.41) is 12.8. The average molecular weight is 341 g/mol. The lowest BCUT2D eigenvalue weighted by Crippen LogP contribution is -2.34. The van der Waals surface area contributed by atoms with Crippen LogP contribution in [0, 0.1) is 0 Å². The molecule has 0 bridgehead atoms. The molecule has 19 heavy (non-hydrogen) atoms. The van der Waals surface area contributed by atoms with E-state index in [1.54, 1.807) is 18.2 Å². The molecular formula is C13H13BrN2O2S. The number of hydrogen-bond acceptors (Lipinski definition) is 2. The van der Waals surface area contributed by atoms with E-state index in [9.17, 15) is 4.79 Å². The smallest absolute Gasteiger partial charge is 0.335 e. The number of benzene rings is 1. The normalized spacial score (nSPS) is 13.6. The van der Waals surface area contributed by atoms with Gasteiger partial charge in [0, 0.05) is 23.8 Å². The molecule has 0 amide bonds. The lowest BCUT2D eigenvalue weighted by atomic mass is 10.1. The highest BCUT2D eigenvalue weighted by molar-refractivity contribution is 9.10. The number of hydrogen-bond donors (Lipinski definition) is 2. The van der Waals surface area contributed by atoms with Crippen LogP contribution in [-0.2, 0) is 6.54 Å². The van der Waals surface area contributed by atoms with Gasteiger partial charge in [-0.1, -0.05) is 22.0 Å². The second-order valence-electron chi connectivity index (χ2n) is 4.14. The Labute approximate surface area is 125 Å². The highest BCUT2D eigenvalue weighted by Gasteiger charge is 2.11. The molecule has 1 aromatic rings. The molecule has 4 nitrogen and oxygen atoms in total. The summed E-state index contributed by atoms with van der Waals surface area (Å²) >= 11 is 8.68. The maximum Gasteiger partial charge on any atom is 0.335 e. The molecule has 1 aliphatic heterocycles. The van der Waals surface area contributed by atoms with E-state index in [1.165, 1.54) is 0 Å². The lowest BCUT2D eigenvalue weighted by molar-refractivity contribution is 0.0696. The number of rotatable bonds is 3. The summed E-state index contributed by atoms with van der Waals surface area (Å²) in [7, 11) is 0. The number of halogens is 1. The summed E-state index contributed by atoms with van der Waals surface area (Å²) in [6, 6.07) is 4.94. The summed E-state index contributed by atoms with van der Waals surface area (Å²) in [6.07, 6.45) is 5.02. The van der Waals surface area contributed by atoms with Crippen molar-refractivity contribution >= 4 is 39.2 Å². The zero-order chi connectivity index (χ0) is 13.8. The van der Waals surface area contributed by atoms with Gasteiger partial charge < -0.3 is 15.3 Å². The molecule has 0 aliphatic carbocycles. The Kier molecular flexibility index (Phi) is 4.55. The van der Waals surface area contributed by atoms with Gasteiger partial charge in [-0.15, -0.1) is 0 Å². The van der Waals surface area contributed by atoms with Crippen LogP contribution in [-0.4, -0.2) is 27.6 Å². The van der Waals surface area contributed by atoms with E-state index in [2.05, 4.69) is 27.3 Å². The van der Waals surface area contributed by atoms with Crippen LogP contribution in [0.15, 0.2) is 34.9 Å². The molecule has 2 rings (SSSR count). The molecule has 100 valence electrons. The van der Waals surface area contributed by atoms with E-state index < -0.39 is 5.97 Å². The standard InChI is InChI=1S/C13H13BrN2O2S/c14-11-4-3-9(12(17)18)7-10(11)8-15-13(19)16-5-1-2-6-16/h1,3-5,7H,2,6,8H2,(H,15,19)(H,17,18). The van der Waals surface area contributed by atoms with Gasteiger partial charge in [-0.2, -0.15) is 0 Å². The van der Waals surface area contributed by atoms with Crippen molar-refractivity contribution in [1.29, 1.82) is 0 Å². The molecule has 1 aliphatic rings. The minimum Gasteiger partial charge on any atom is -0.478 e. The molecule has 6 heteroatoms. The number of nitrogens with zero attached hydrogens (tertiary/aromatic N) is 1. The monoisotopic (exact) mass is 340 g/mol. The number of thiocarbonyl (C=S) groups is 1. The maximum atomic E-state index is 10.9. The molecular weight excluding hydrogens is 328 g/mol. The number of carbonyl (C=O) groups is 1. The molecule has 1 aromatic carbocycles. The molecule has 0 saturated heterocycles. The first kappa shape index (κ1) is 14.0. The molecule has 2 N–H and O–H groups in total. The zero-order valence-corrected chi connectivity index (χ0v) is 12.5. The van der Waals surface area contributed by atoms with Gasteiger partial charge in [-0.3, -0.25) is 0 Å².